The van der Waals surface area contributed by atoms with Crippen molar-refractivity contribution in [2.75, 3.05) is 6.54 Å². The van der Waals surface area contributed by atoms with Crippen molar-refractivity contribution in [3.05, 3.63) is 48.0 Å². The van der Waals surface area contributed by atoms with Gasteiger partial charge in [-0.3, -0.25) is 0 Å². The second-order valence-electron chi connectivity index (χ2n) is 4.64. The van der Waals surface area contributed by atoms with Crippen LogP contribution < -0.4 is 5.32 Å². The molecule has 1 atom stereocenters. The molecule has 2 heteroatoms. The Morgan fingerprint density at radius 1 is 1.06 bits per heavy atom. The molecule has 0 bridgehead atoms. The van der Waals surface area contributed by atoms with Crippen molar-refractivity contribution < 1.29 is 0 Å². The smallest absolute Gasteiger partial charge is 0.0108 e. The Morgan fingerprint density at radius 3 is 2.71 bits per heavy atom. The number of hydrogen-bond acceptors (Lipinski definition) is 1. The summed E-state index contributed by atoms with van der Waals surface area (Å²) >= 11 is 0. The number of benzene rings is 2. The van der Waals surface area contributed by atoms with Crippen molar-refractivity contribution in [1.82, 2.24) is 5.32 Å². The van der Waals surface area contributed by atoms with Gasteiger partial charge < -0.3 is 5.32 Å². The largest absolute Gasteiger partial charge is 0.314 e. The molecule has 17 heavy (non-hydrogen) atoms. The molecule has 0 saturated carbocycles. The Bertz CT molecular complexity index is 484. The SMILES string of the molecule is Cl.c1ccc2c(CC3CCCN3)cccc2c1. The molecule has 1 saturated heterocycles. The zero-order valence-electron chi connectivity index (χ0n) is 9.86. The summed E-state index contributed by atoms with van der Waals surface area (Å²) in [4.78, 5) is 0. The van der Waals surface area contributed by atoms with Gasteiger partial charge in [-0.25, -0.2) is 0 Å². The van der Waals surface area contributed by atoms with Gasteiger partial charge in [0.2, 0.25) is 0 Å². The van der Waals surface area contributed by atoms with Gasteiger partial charge in [0.1, 0.15) is 0 Å². The highest BCUT2D eigenvalue weighted by molar-refractivity contribution is 5.86. The zero-order valence-corrected chi connectivity index (χ0v) is 10.7. The highest BCUT2D eigenvalue weighted by Gasteiger charge is 2.15. The maximum atomic E-state index is 3.57. The number of rotatable bonds is 2. The van der Waals surface area contributed by atoms with E-state index in [9.17, 15) is 0 Å². The van der Waals surface area contributed by atoms with Gasteiger partial charge in [0.05, 0.1) is 0 Å². The van der Waals surface area contributed by atoms with Gasteiger partial charge in [0.15, 0.2) is 0 Å². The highest BCUT2D eigenvalue weighted by atomic mass is 35.5. The molecule has 1 N–H and O–H groups in total. The molecule has 1 nitrogen and oxygen atoms in total. The van der Waals surface area contributed by atoms with E-state index in [0.717, 1.165) is 0 Å². The molecule has 1 aliphatic heterocycles. The molecule has 2 aromatic rings. The van der Waals surface area contributed by atoms with Crippen LogP contribution in [-0.2, 0) is 6.42 Å². The lowest BCUT2D eigenvalue weighted by atomic mass is 9.98. The van der Waals surface area contributed by atoms with Gasteiger partial charge in [-0.05, 0) is 42.1 Å². The second-order valence-corrected chi connectivity index (χ2v) is 4.64. The van der Waals surface area contributed by atoms with E-state index in [4.69, 9.17) is 0 Å². The van der Waals surface area contributed by atoms with Crippen LogP contribution in [0.5, 0.6) is 0 Å². The summed E-state index contributed by atoms with van der Waals surface area (Å²) in [7, 11) is 0. The fourth-order valence-electron chi connectivity index (χ4n) is 2.67. The Kier molecular flexibility index (Phi) is 4.03. The van der Waals surface area contributed by atoms with E-state index in [1.807, 2.05) is 0 Å². The van der Waals surface area contributed by atoms with Gasteiger partial charge in [-0.1, -0.05) is 42.5 Å². The average Bonchev–Trinajstić information content (AvgIpc) is 2.82. The van der Waals surface area contributed by atoms with E-state index in [-0.39, 0.29) is 12.4 Å². The van der Waals surface area contributed by atoms with Crippen LogP contribution in [0, 0.1) is 0 Å². The second kappa shape index (κ2) is 5.52. The van der Waals surface area contributed by atoms with Crippen LogP contribution in [0.2, 0.25) is 0 Å². The first-order valence-corrected chi connectivity index (χ1v) is 6.13. The van der Waals surface area contributed by atoms with Gasteiger partial charge >= 0.3 is 0 Å². The molecule has 90 valence electrons. The van der Waals surface area contributed by atoms with E-state index in [1.54, 1.807) is 0 Å². The minimum absolute atomic E-state index is 0. The van der Waals surface area contributed by atoms with Gasteiger partial charge in [0, 0.05) is 6.04 Å². The van der Waals surface area contributed by atoms with Gasteiger partial charge in [-0.15, -0.1) is 12.4 Å². The molecular formula is C15H18ClN. The lowest BCUT2D eigenvalue weighted by Crippen LogP contribution is -2.23. The summed E-state index contributed by atoms with van der Waals surface area (Å²) in [5.74, 6) is 0. The Morgan fingerprint density at radius 2 is 1.88 bits per heavy atom. The van der Waals surface area contributed by atoms with Crippen LogP contribution in [0.4, 0.5) is 0 Å². The normalized spacial score (nSPS) is 19.2. The van der Waals surface area contributed by atoms with Crippen LogP contribution in [-0.4, -0.2) is 12.6 Å². The van der Waals surface area contributed by atoms with E-state index in [0.29, 0.717) is 6.04 Å². The topological polar surface area (TPSA) is 12.0 Å². The van der Waals surface area contributed by atoms with Crippen LogP contribution in [0.15, 0.2) is 42.5 Å². The first-order valence-electron chi connectivity index (χ1n) is 6.13. The van der Waals surface area contributed by atoms with E-state index in [2.05, 4.69) is 47.8 Å². The fourth-order valence-corrected chi connectivity index (χ4v) is 2.67. The first kappa shape index (κ1) is 12.4. The molecule has 1 aliphatic rings. The Labute approximate surface area is 109 Å². The predicted molar refractivity (Wildman–Crippen MR) is 75.9 cm³/mol. The van der Waals surface area contributed by atoms with E-state index < -0.39 is 0 Å². The quantitative estimate of drug-likeness (QED) is 0.856. The number of fused-ring (bicyclic) bond motifs is 1. The fraction of sp³-hybridized carbons (Fsp3) is 0.333. The van der Waals surface area contributed by atoms with Crippen molar-refractivity contribution in [1.29, 1.82) is 0 Å². The van der Waals surface area contributed by atoms with E-state index in [1.165, 1.54) is 42.1 Å². The van der Waals surface area contributed by atoms with Crippen LogP contribution in [0.1, 0.15) is 18.4 Å². The molecule has 1 unspecified atom stereocenters. The summed E-state index contributed by atoms with van der Waals surface area (Å²) < 4.78 is 0. The molecular weight excluding hydrogens is 230 g/mol. The van der Waals surface area contributed by atoms with Gasteiger partial charge in [0.25, 0.3) is 0 Å². The van der Waals surface area contributed by atoms with Crippen molar-refractivity contribution in [2.45, 2.75) is 25.3 Å². The Hall–Kier alpha value is -1.05. The summed E-state index contributed by atoms with van der Waals surface area (Å²) in [6.45, 7) is 1.19. The first-order chi connectivity index (χ1) is 7.93. The van der Waals surface area contributed by atoms with Crippen molar-refractivity contribution >= 4 is 23.2 Å². The van der Waals surface area contributed by atoms with Crippen LogP contribution >= 0.6 is 12.4 Å². The molecule has 2 aromatic carbocycles. The molecule has 3 rings (SSSR count). The number of nitrogens with one attached hydrogen (secondary N) is 1. The highest BCUT2D eigenvalue weighted by Crippen LogP contribution is 2.21. The standard InChI is InChI=1S/C15H17N.ClH/c1-2-9-15-12(5-1)6-3-7-13(15)11-14-8-4-10-16-14;/h1-3,5-7,9,14,16H,4,8,10-11H2;1H. The molecule has 0 aromatic heterocycles. The van der Waals surface area contributed by atoms with Crippen LogP contribution in [0.25, 0.3) is 10.8 Å². The van der Waals surface area contributed by atoms with Crippen molar-refractivity contribution in [3.63, 3.8) is 0 Å². The lowest BCUT2D eigenvalue weighted by molar-refractivity contribution is 0.605. The molecule has 1 fully saturated rings. The van der Waals surface area contributed by atoms with Gasteiger partial charge in [-0.2, -0.15) is 0 Å². The minimum Gasteiger partial charge on any atom is -0.314 e. The third-order valence-electron chi connectivity index (χ3n) is 3.51. The Balaban J connectivity index is 0.00000108. The molecule has 0 amide bonds. The summed E-state index contributed by atoms with van der Waals surface area (Å²) in [5, 5.41) is 6.34. The van der Waals surface area contributed by atoms with Crippen molar-refractivity contribution in [3.8, 4) is 0 Å². The van der Waals surface area contributed by atoms with Crippen LogP contribution in [0.3, 0.4) is 0 Å². The third kappa shape index (κ3) is 2.62. The molecule has 1 heterocycles. The molecule has 0 spiro atoms. The third-order valence-corrected chi connectivity index (χ3v) is 3.51. The summed E-state index contributed by atoms with van der Waals surface area (Å²) in [5.41, 5.74) is 1.48. The maximum Gasteiger partial charge on any atom is 0.0108 e. The predicted octanol–water partition coefficient (Wildman–Crippen LogP) is 3.56. The lowest BCUT2D eigenvalue weighted by Gasteiger charge is -2.12. The molecule has 0 aliphatic carbocycles. The number of hydrogen-bond donors (Lipinski definition) is 1. The minimum atomic E-state index is 0. The zero-order chi connectivity index (χ0) is 10.8. The van der Waals surface area contributed by atoms with E-state index >= 15 is 0 Å². The number of halogens is 1. The maximum absolute atomic E-state index is 3.57. The average molecular weight is 248 g/mol. The molecule has 0 radical (unpaired) electrons. The summed E-state index contributed by atoms with van der Waals surface area (Å²) in [6.07, 6.45) is 3.82. The summed E-state index contributed by atoms with van der Waals surface area (Å²) in [6, 6.07) is 16.0. The monoisotopic (exact) mass is 247 g/mol. The van der Waals surface area contributed by atoms with Crippen molar-refractivity contribution in [2.24, 2.45) is 0 Å².